The largest absolute Gasteiger partial charge is 0.390 e. The summed E-state index contributed by atoms with van der Waals surface area (Å²) in [6.07, 6.45) is 2.61. The second kappa shape index (κ2) is 9.79. The van der Waals surface area contributed by atoms with Crippen molar-refractivity contribution in [3.05, 3.63) is 53.9 Å². The number of likely N-dealkylation sites (N-methyl/N-ethyl adjacent to an activating group) is 1. The van der Waals surface area contributed by atoms with E-state index in [9.17, 15) is 15.0 Å². The van der Waals surface area contributed by atoms with Crippen LogP contribution in [0.5, 0.6) is 0 Å². The molecule has 7 heteroatoms. The number of anilines is 2. The molecule has 0 spiro atoms. The van der Waals surface area contributed by atoms with E-state index < -0.39 is 11.7 Å². The predicted molar refractivity (Wildman–Crippen MR) is 130 cm³/mol. The van der Waals surface area contributed by atoms with E-state index in [1.807, 2.05) is 13.0 Å². The molecule has 1 aromatic carbocycles. The molecule has 2 aliphatic heterocycles. The summed E-state index contributed by atoms with van der Waals surface area (Å²) >= 11 is 0. The van der Waals surface area contributed by atoms with Crippen molar-refractivity contribution < 1.29 is 15.0 Å². The number of rotatable bonds is 7. The van der Waals surface area contributed by atoms with Gasteiger partial charge in [-0.2, -0.15) is 0 Å². The van der Waals surface area contributed by atoms with E-state index in [1.165, 1.54) is 11.3 Å². The van der Waals surface area contributed by atoms with Gasteiger partial charge in [-0.3, -0.25) is 9.78 Å². The fraction of sp³-hybridized carbons (Fsp3) is 0.538. The van der Waals surface area contributed by atoms with Crippen LogP contribution in [0.2, 0.25) is 0 Å². The number of para-hydroxylation sites is 1. The zero-order valence-corrected chi connectivity index (χ0v) is 19.9. The standard InChI is InChI=1S/C26H36N4O3/c1-4-26(33,19(2)31)24-10-9-22(18-27-24)30-12-11-21(25(30)32)17-20-7-5-6-8-23(20)29-15-13-28(3)14-16-29/h5-10,18-19,21,31,33H,4,11-17H2,1-3H3/t19?,21-,26?/m0/s1. The number of aliphatic hydroxyl groups is 2. The first kappa shape index (κ1) is 23.7. The van der Waals surface area contributed by atoms with Gasteiger partial charge >= 0.3 is 0 Å². The molecule has 178 valence electrons. The third kappa shape index (κ3) is 4.76. The Morgan fingerprint density at radius 3 is 2.48 bits per heavy atom. The minimum atomic E-state index is -1.39. The van der Waals surface area contributed by atoms with Gasteiger partial charge in [0.15, 0.2) is 0 Å². The minimum absolute atomic E-state index is 0.0525. The van der Waals surface area contributed by atoms with Crippen molar-refractivity contribution in [1.29, 1.82) is 0 Å². The zero-order valence-electron chi connectivity index (χ0n) is 19.9. The molecule has 33 heavy (non-hydrogen) atoms. The second-order valence-electron chi connectivity index (χ2n) is 9.45. The number of piperazine rings is 1. The van der Waals surface area contributed by atoms with Crippen LogP contribution < -0.4 is 9.80 Å². The number of carbonyl (C=O) groups excluding carboxylic acids is 1. The van der Waals surface area contributed by atoms with Crippen LogP contribution in [0.3, 0.4) is 0 Å². The van der Waals surface area contributed by atoms with Gasteiger partial charge in [-0.15, -0.1) is 0 Å². The Morgan fingerprint density at radius 1 is 1.12 bits per heavy atom. The molecule has 2 aliphatic rings. The molecule has 2 N–H and O–H groups in total. The number of carbonyl (C=O) groups is 1. The van der Waals surface area contributed by atoms with Gasteiger partial charge in [-0.05, 0) is 57.0 Å². The SMILES string of the molecule is CCC(O)(c1ccc(N2CC[C@@H](Cc3ccccc3N3CCN(C)CC3)C2=O)cn1)C(C)O. The Morgan fingerprint density at radius 2 is 1.85 bits per heavy atom. The summed E-state index contributed by atoms with van der Waals surface area (Å²) in [6, 6.07) is 12.0. The Hall–Kier alpha value is -2.48. The lowest BCUT2D eigenvalue weighted by Gasteiger charge is -2.35. The Kier molecular flexibility index (Phi) is 7.02. The van der Waals surface area contributed by atoms with E-state index in [1.54, 1.807) is 24.1 Å². The summed E-state index contributed by atoms with van der Waals surface area (Å²) < 4.78 is 0. The molecule has 1 aromatic heterocycles. The summed E-state index contributed by atoms with van der Waals surface area (Å²) in [4.78, 5) is 24.3. The van der Waals surface area contributed by atoms with Crippen LogP contribution in [0.15, 0.2) is 42.6 Å². The van der Waals surface area contributed by atoms with Gasteiger partial charge in [-0.25, -0.2) is 0 Å². The van der Waals surface area contributed by atoms with Crippen molar-refractivity contribution in [3.8, 4) is 0 Å². The molecule has 7 nitrogen and oxygen atoms in total. The number of nitrogens with zero attached hydrogens (tertiary/aromatic N) is 4. The van der Waals surface area contributed by atoms with Crippen LogP contribution in [0.25, 0.3) is 0 Å². The van der Waals surface area contributed by atoms with E-state index in [-0.39, 0.29) is 11.8 Å². The second-order valence-corrected chi connectivity index (χ2v) is 9.45. The number of amides is 1. The summed E-state index contributed by atoms with van der Waals surface area (Å²) in [5, 5.41) is 20.7. The molecule has 0 radical (unpaired) electrons. The molecular weight excluding hydrogens is 416 g/mol. The fourth-order valence-electron chi connectivity index (χ4n) is 4.98. The number of hydrogen-bond acceptors (Lipinski definition) is 6. The van der Waals surface area contributed by atoms with Gasteiger partial charge in [0.1, 0.15) is 5.60 Å². The highest BCUT2D eigenvalue weighted by atomic mass is 16.3. The highest BCUT2D eigenvalue weighted by Crippen LogP contribution is 2.33. The highest BCUT2D eigenvalue weighted by Gasteiger charge is 2.36. The number of pyridine rings is 1. The van der Waals surface area contributed by atoms with Crippen LogP contribution in [0, 0.1) is 5.92 Å². The first-order valence-corrected chi connectivity index (χ1v) is 12.0. The quantitative estimate of drug-likeness (QED) is 0.672. The average molecular weight is 453 g/mol. The summed E-state index contributed by atoms with van der Waals surface area (Å²) in [5.74, 6) is 0.0716. The van der Waals surface area contributed by atoms with Crippen LogP contribution in [-0.2, 0) is 16.8 Å². The van der Waals surface area contributed by atoms with Crippen molar-refractivity contribution in [1.82, 2.24) is 9.88 Å². The maximum absolute atomic E-state index is 13.3. The number of hydrogen-bond donors (Lipinski definition) is 2. The van der Waals surface area contributed by atoms with E-state index in [2.05, 4.69) is 46.1 Å². The fourth-order valence-corrected chi connectivity index (χ4v) is 4.98. The lowest BCUT2D eigenvalue weighted by atomic mass is 9.90. The van der Waals surface area contributed by atoms with Crippen LogP contribution >= 0.6 is 0 Å². The van der Waals surface area contributed by atoms with E-state index in [0.717, 1.165) is 44.7 Å². The van der Waals surface area contributed by atoms with Crippen molar-refractivity contribution in [2.24, 2.45) is 5.92 Å². The summed E-state index contributed by atoms with van der Waals surface area (Å²) in [7, 11) is 2.16. The first-order chi connectivity index (χ1) is 15.8. The zero-order chi connectivity index (χ0) is 23.6. The van der Waals surface area contributed by atoms with Gasteiger partial charge in [-0.1, -0.05) is 25.1 Å². The Balaban J connectivity index is 1.46. The van der Waals surface area contributed by atoms with Gasteiger partial charge in [0.25, 0.3) is 0 Å². The third-order valence-electron chi connectivity index (χ3n) is 7.35. The number of aliphatic hydroxyl groups excluding tert-OH is 1. The predicted octanol–water partition coefficient (Wildman–Crippen LogP) is 2.41. The third-order valence-corrected chi connectivity index (χ3v) is 7.35. The molecule has 2 unspecified atom stereocenters. The molecule has 0 saturated carbocycles. The van der Waals surface area contributed by atoms with Gasteiger partial charge in [0.05, 0.1) is 23.7 Å². The minimum Gasteiger partial charge on any atom is -0.390 e. The van der Waals surface area contributed by atoms with Crippen molar-refractivity contribution in [3.63, 3.8) is 0 Å². The number of benzene rings is 1. The molecule has 2 saturated heterocycles. The maximum atomic E-state index is 13.3. The normalized spacial score (nSPS) is 22.5. The first-order valence-electron chi connectivity index (χ1n) is 12.0. The molecule has 2 fully saturated rings. The van der Waals surface area contributed by atoms with Crippen molar-refractivity contribution in [2.75, 3.05) is 49.6 Å². The van der Waals surface area contributed by atoms with Crippen molar-refractivity contribution >= 4 is 17.3 Å². The molecule has 2 aromatic rings. The molecule has 3 heterocycles. The lowest BCUT2D eigenvalue weighted by Crippen LogP contribution is -2.44. The smallest absolute Gasteiger partial charge is 0.230 e. The Bertz CT molecular complexity index is 956. The van der Waals surface area contributed by atoms with Crippen LogP contribution in [0.4, 0.5) is 11.4 Å². The van der Waals surface area contributed by atoms with Crippen LogP contribution in [0.1, 0.15) is 37.9 Å². The van der Waals surface area contributed by atoms with E-state index in [4.69, 9.17) is 0 Å². The Labute approximate surface area is 196 Å². The van der Waals surface area contributed by atoms with Gasteiger partial charge in [0, 0.05) is 44.3 Å². The molecule has 1 amide bonds. The number of aromatic nitrogens is 1. The van der Waals surface area contributed by atoms with E-state index in [0.29, 0.717) is 18.7 Å². The lowest BCUT2D eigenvalue weighted by molar-refractivity contribution is -0.120. The van der Waals surface area contributed by atoms with E-state index >= 15 is 0 Å². The summed E-state index contributed by atoms with van der Waals surface area (Å²) in [6.45, 7) is 8.16. The molecule has 0 bridgehead atoms. The van der Waals surface area contributed by atoms with Crippen molar-refractivity contribution in [2.45, 2.75) is 44.8 Å². The summed E-state index contributed by atoms with van der Waals surface area (Å²) in [5.41, 5.74) is 2.26. The monoisotopic (exact) mass is 452 g/mol. The molecule has 4 rings (SSSR count). The molecule has 0 aliphatic carbocycles. The topological polar surface area (TPSA) is 80.1 Å². The highest BCUT2D eigenvalue weighted by molar-refractivity contribution is 5.97. The van der Waals surface area contributed by atoms with Gasteiger partial charge in [0.2, 0.25) is 5.91 Å². The molecule has 3 atom stereocenters. The molecular formula is C26H36N4O3. The average Bonchev–Trinajstić information content (AvgIpc) is 3.19. The van der Waals surface area contributed by atoms with Gasteiger partial charge < -0.3 is 24.9 Å². The maximum Gasteiger partial charge on any atom is 0.230 e. The van der Waals surface area contributed by atoms with Crippen LogP contribution in [-0.4, -0.2) is 71.9 Å².